The average molecular weight is 316 g/mol. The molecule has 6 heteroatoms. The van der Waals surface area contributed by atoms with E-state index in [1.54, 1.807) is 31.2 Å². The standard InChI is InChI=1S/C17H19NO5/c1-10-7-8-11(17(22)23-2)9-14(10)18-15(19)12-5-3-4-6-13(12)16(20)21/h3-4,7-9,12-13H,5-6H2,1-2H3,(H,18,19)(H,20,21)/p-1/t12-,13-/m0/s1. The van der Waals surface area contributed by atoms with Crippen LogP contribution in [0.25, 0.3) is 0 Å². The molecule has 1 aromatic carbocycles. The molecular formula is C17H18NO5-. The molecule has 0 unspecified atom stereocenters. The summed E-state index contributed by atoms with van der Waals surface area (Å²) < 4.78 is 4.65. The Labute approximate surface area is 134 Å². The molecule has 2 atom stereocenters. The van der Waals surface area contributed by atoms with Gasteiger partial charge in [0.1, 0.15) is 0 Å². The lowest BCUT2D eigenvalue weighted by molar-refractivity contribution is -0.313. The molecule has 0 aliphatic heterocycles. The second kappa shape index (κ2) is 7.09. The van der Waals surface area contributed by atoms with Gasteiger partial charge in [-0.1, -0.05) is 18.2 Å². The quantitative estimate of drug-likeness (QED) is 0.662. The molecular weight excluding hydrogens is 298 g/mol. The second-order valence-corrected chi connectivity index (χ2v) is 5.49. The number of rotatable bonds is 4. The lowest BCUT2D eigenvalue weighted by Gasteiger charge is -2.28. The van der Waals surface area contributed by atoms with Crippen molar-refractivity contribution in [1.82, 2.24) is 0 Å². The van der Waals surface area contributed by atoms with Gasteiger partial charge in [-0.15, -0.1) is 0 Å². The van der Waals surface area contributed by atoms with Crippen molar-refractivity contribution in [3.05, 3.63) is 41.5 Å². The first kappa shape index (κ1) is 16.7. The van der Waals surface area contributed by atoms with Gasteiger partial charge < -0.3 is 20.0 Å². The monoisotopic (exact) mass is 316 g/mol. The molecule has 0 heterocycles. The molecule has 0 saturated heterocycles. The SMILES string of the molecule is COC(=O)c1ccc(C)c(NC(=O)[C@H]2CC=CC[C@@H]2C(=O)[O-])c1. The third kappa shape index (κ3) is 3.77. The average Bonchev–Trinajstić information content (AvgIpc) is 2.56. The Morgan fingerprint density at radius 2 is 1.83 bits per heavy atom. The van der Waals surface area contributed by atoms with Crippen molar-refractivity contribution >= 4 is 23.5 Å². The molecule has 0 spiro atoms. The fourth-order valence-electron chi connectivity index (χ4n) is 2.59. The van der Waals surface area contributed by atoms with Crippen molar-refractivity contribution in [2.75, 3.05) is 12.4 Å². The summed E-state index contributed by atoms with van der Waals surface area (Å²) >= 11 is 0. The van der Waals surface area contributed by atoms with Crippen LogP contribution in [-0.2, 0) is 14.3 Å². The Bertz CT molecular complexity index is 665. The minimum atomic E-state index is -1.23. The number of methoxy groups -OCH3 is 1. The molecule has 2 rings (SSSR count). The zero-order chi connectivity index (χ0) is 17.0. The first-order valence-electron chi connectivity index (χ1n) is 7.29. The van der Waals surface area contributed by atoms with Crippen molar-refractivity contribution in [1.29, 1.82) is 0 Å². The number of benzene rings is 1. The minimum Gasteiger partial charge on any atom is -0.550 e. The van der Waals surface area contributed by atoms with Gasteiger partial charge in [0, 0.05) is 17.6 Å². The van der Waals surface area contributed by atoms with Crippen molar-refractivity contribution in [3.8, 4) is 0 Å². The van der Waals surface area contributed by atoms with Crippen LogP contribution in [0, 0.1) is 18.8 Å². The zero-order valence-electron chi connectivity index (χ0n) is 13.0. The highest BCUT2D eigenvalue weighted by Gasteiger charge is 2.30. The van der Waals surface area contributed by atoms with E-state index in [-0.39, 0.29) is 6.42 Å². The second-order valence-electron chi connectivity index (χ2n) is 5.49. The summed E-state index contributed by atoms with van der Waals surface area (Å²) in [5.74, 6) is -3.66. The van der Waals surface area contributed by atoms with E-state index >= 15 is 0 Å². The summed E-state index contributed by atoms with van der Waals surface area (Å²) in [4.78, 5) is 35.2. The van der Waals surface area contributed by atoms with E-state index in [0.29, 0.717) is 17.7 Å². The number of carboxylic acid groups (broad SMARTS) is 1. The molecule has 23 heavy (non-hydrogen) atoms. The van der Waals surface area contributed by atoms with Crippen LogP contribution < -0.4 is 10.4 Å². The summed E-state index contributed by atoms with van der Waals surface area (Å²) in [6.45, 7) is 1.79. The number of carboxylic acids is 1. The van der Waals surface area contributed by atoms with Crippen molar-refractivity contribution in [3.63, 3.8) is 0 Å². The number of ether oxygens (including phenoxy) is 1. The van der Waals surface area contributed by atoms with Crippen LogP contribution in [-0.4, -0.2) is 25.0 Å². The van der Waals surface area contributed by atoms with Crippen molar-refractivity contribution in [2.24, 2.45) is 11.8 Å². The number of anilines is 1. The smallest absolute Gasteiger partial charge is 0.337 e. The van der Waals surface area contributed by atoms with E-state index in [1.807, 2.05) is 0 Å². The number of carbonyl (C=O) groups is 3. The third-order valence-electron chi connectivity index (χ3n) is 3.99. The highest BCUT2D eigenvalue weighted by atomic mass is 16.5. The van der Waals surface area contributed by atoms with Gasteiger partial charge in [-0.2, -0.15) is 0 Å². The number of carbonyl (C=O) groups excluding carboxylic acids is 3. The number of nitrogens with one attached hydrogen (secondary N) is 1. The molecule has 1 aliphatic rings. The number of aliphatic carboxylic acids is 1. The number of aryl methyl sites for hydroxylation is 1. The fraction of sp³-hybridized carbons (Fsp3) is 0.353. The highest BCUT2D eigenvalue weighted by molar-refractivity contribution is 5.97. The van der Waals surface area contributed by atoms with E-state index < -0.39 is 29.7 Å². The topological polar surface area (TPSA) is 95.5 Å². The first-order valence-corrected chi connectivity index (χ1v) is 7.29. The summed E-state index contributed by atoms with van der Waals surface area (Å²) in [5, 5.41) is 13.9. The molecule has 0 radical (unpaired) electrons. The van der Waals surface area contributed by atoms with Gasteiger partial charge in [0.25, 0.3) is 0 Å². The Morgan fingerprint density at radius 3 is 2.43 bits per heavy atom. The maximum Gasteiger partial charge on any atom is 0.337 e. The van der Waals surface area contributed by atoms with Gasteiger partial charge in [-0.05, 0) is 37.5 Å². The summed E-state index contributed by atoms with van der Waals surface area (Å²) in [7, 11) is 1.28. The summed E-state index contributed by atoms with van der Waals surface area (Å²) in [6, 6.07) is 4.81. The minimum absolute atomic E-state index is 0.279. The van der Waals surface area contributed by atoms with E-state index in [2.05, 4.69) is 10.1 Å². The van der Waals surface area contributed by atoms with Crippen LogP contribution in [0.5, 0.6) is 0 Å². The normalized spacial score (nSPS) is 19.9. The zero-order valence-corrected chi connectivity index (χ0v) is 13.0. The number of hydrogen-bond acceptors (Lipinski definition) is 5. The van der Waals surface area contributed by atoms with Crippen LogP contribution in [0.3, 0.4) is 0 Å². The molecule has 0 aromatic heterocycles. The third-order valence-corrected chi connectivity index (χ3v) is 3.99. The van der Waals surface area contributed by atoms with E-state index in [9.17, 15) is 19.5 Å². The van der Waals surface area contributed by atoms with E-state index in [1.165, 1.54) is 13.2 Å². The summed E-state index contributed by atoms with van der Waals surface area (Å²) in [5.41, 5.74) is 1.54. The molecule has 6 nitrogen and oxygen atoms in total. The van der Waals surface area contributed by atoms with E-state index in [0.717, 1.165) is 5.56 Å². The Hall–Kier alpha value is -2.63. The van der Waals surface area contributed by atoms with Crippen LogP contribution in [0.4, 0.5) is 5.69 Å². The van der Waals surface area contributed by atoms with E-state index in [4.69, 9.17) is 0 Å². The Kier molecular flexibility index (Phi) is 5.16. The van der Waals surface area contributed by atoms with Gasteiger partial charge in [-0.25, -0.2) is 4.79 Å². The number of hydrogen-bond donors (Lipinski definition) is 1. The van der Waals surface area contributed by atoms with Crippen LogP contribution in [0.1, 0.15) is 28.8 Å². The maximum atomic E-state index is 12.4. The van der Waals surface area contributed by atoms with Crippen LogP contribution in [0.2, 0.25) is 0 Å². The van der Waals surface area contributed by atoms with Gasteiger partial charge in [0.15, 0.2) is 0 Å². The Balaban J connectivity index is 2.21. The number of allylic oxidation sites excluding steroid dienone is 2. The molecule has 1 aromatic rings. The van der Waals surface area contributed by atoms with Gasteiger partial charge in [0.05, 0.1) is 18.6 Å². The maximum absolute atomic E-state index is 12.4. The number of esters is 1. The summed E-state index contributed by atoms with van der Waals surface area (Å²) in [6.07, 6.45) is 4.16. The number of amides is 1. The lowest BCUT2D eigenvalue weighted by Crippen LogP contribution is -2.41. The largest absolute Gasteiger partial charge is 0.550 e. The molecule has 0 saturated carbocycles. The van der Waals surface area contributed by atoms with Gasteiger partial charge in [0.2, 0.25) is 5.91 Å². The molecule has 1 aliphatic carbocycles. The Morgan fingerprint density at radius 1 is 1.17 bits per heavy atom. The lowest BCUT2D eigenvalue weighted by atomic mass is 9.82. The van der Waals surface area contributed by atoms with Crippen LogP contribution >= 0.6 is 0 Å². The van der Waals surface area contributed by atoms with Crippen molar-refractivity contribution in [2.45, 2.75) is 19.8 Å². The van der Waals surface area contributed by atoms with Gasteiger partial charge >= 0.3 is 5.97 Å². The molecule has 0 bridgehead atoms. The predicted molar refractivity (Wildman–Crippen MR) is 81.5 cm³/mol. The predicted octanol–water partition coefficient (Wildman–Crippen LogP) is 1.05. The van der Waals surface area contributed by atoms with Crippen molar-refractivity contribution < 1.29 is 24.2 Å². The molecule has 1 amide bonds. The van der Waals surface area contributed by atoms with Crippen LogP contribution in [0.15, 0.2) is 30.4 Å². The molecule has 1 N–H and O–H groups in total. The fourth-order valence-corrected chi connectivity index (χ4v) is 2.59. The molecule has 0 fully saturated rings. The van der Waals surface area contributed by atoms with Gasteiger partial charge in [-0.3, -0.25) is 4.79 Å². The highest BCUT2D eigenvalue weighted by Crippen LogP contribution is 2.27. The first-order chi connectivity index (χ1) is 10.9. The molecule has 122 valence electrons.